The molecule has 4 amide bonds. The van der Waals surface area contributed by atoms with Crippen LogP contribution in [0.5, 0.6) is 5.75 Å². The number of aliphatic hydroxyl groups is 3. The number of hydrogen-bond acceptors (Lipinski definition) is 17. The molecule has 0 unspecified atom stereocenters. The van der Waals surface area contributed by atoms with Gasteiger partial charge < -0.3 is 79.0 Å². The van der Waals surface area contributed by atoms with Crippen LogP contribution in [0.2, 0.25) is 0 Å². The number of aliphatic hydroxyl groups excluding tert-OH is 3. The Hall–Kier alpha value is -7.49. The average Bonchev–Trinajstić information content (AvgIpc) is 1.59. The third-order valence-corrected chi connectivity index (χ3v) is 16.5. The predicted molar refractivity (Wildman–Crippen MR) is 354 cm³/mol. The molecule has 2 aromatic heterocycles. The fraction of sp³-hybridized carbons (Fsp3) is 0.486. The normalized spacial score (nSPS) is 15.0. The van der Waals surface area contributed by atoms with Crippen LogP contribution in [0.4, 0.5) is 10.1 Å². The quantitative estimate of drug-likeness (QED) is 0.0178. The van der Waals surface area contributed by atoms with E-state index in [1.54, 1.807) is 53.2 Å². The van der Waals surface area contributed by atoms with Gasteiger partial charge in [0.15, 0.2) is 0 Å². The molecule has 0 aliphatic carbocycles. The number of hydrogen-bond donors (Lipinski definition) is 7. The van der Waals surface area contributed by atoms with Crippen molar-refractivity contribution >= 4 is 46.6 Å². The van der Waals surface area contributed by atoms with Crippen molar-refractivity contribution in [1.29, 1.82) is 0 Å². The number of carboxylic acid groups (broad SMARTS) is 1. The molecule has 3 heterocycles. The molecule has 94 heavy (non-hydrogen) atoms. The topological polar surface area (TPSA) is 288 Å². The highest BCUT2D eigenvalue weighted by Crippen LogP contribution is 2.43. The van der Waals surface area contributed by atoms with Crippen molar-refractivity contribution in [2.45, 2.75) is 123 Å². The van der Waals surface area contributed by atoms with Crippen LogP contribution in [0.1, 0.15) is 99.9 Å². The summed E-state index contributed by atoms with van der Waals surface area (Å²) in [7, 11) is 0. The number of benzene rings is 4. The van der Waals surface area contributed by atoms with Crippen LogP contribution in [0.15, 0.2) is 109 Å². The van der Waals surface area contributed by atoms with Crippen LogP contribution in [-0.4, -0.2) is 187 Å². The first-order chi connectivity index (χ1) is 45.2. The van der Waals surface area contributed by atoms with Gasteiger partial charge in [0.25, 0.3) is 5.91 Å². The van der Waals surface area contributed by atoms with Gasteiger partial charge >= 0.3 is 5.97 Å². The number of halogens is 1. The first kappa shape index (κ1) is 73.9. The number of likely N-dealkylation sites (tertiary alicyclic amines) is 1. The van der Waals surface area contributed by atoms with Crippen LogP contribution in [-0.2, 0) is 60.7 Å². The Labute approximate surface area is 553 Å². The van der Waals surface area contributed by atoms with Crippen molar-refractivity contribution < 1.29 is 81.9 Å². The molecule has 22 nitrogen and oxygen atoms in total. The summed E-state index contributed by atoms with van der Waals surface area (Å²) in [5, 5.41) is 49.7. The fourth-order valence-electron chi connectivity index (χ4n) is 10.9. The summed E-state index contributed by atoms with van der Waals surface area (Å²) in [5.74, 6) is -2.92. The van der Waals surface area contributed by atoms with Crippen molar-refractivity contribution in [3.05, 3.63) is 137 Å². The van der Waals surface area contributed by atoms with Gasteiger partial charge in [-0.3, -0.25) is 24.0 Å². The summed E-state index contributed by atoms with van der Waals surface area (Å²) < 4.78 is 55.9. The Bertz CT molecular complexity index is 3320. The van der Waals surface area contributed by atoms with E-state index in [-0.39, 0.29) is 76.4 Å². The number of anilines is 1. The van der Waals surface area contributed by atoms with Gasteiger partial charge in [-0.2, -0.15) is 0 Å². The lowest BCUT2D eigenvalue weighted by atomic mass is 9.85. The van der Waals surface area contributed by atoms with Crippen molar-refractivity contribution in [3.63, 3.8) is 0 Å². The smallest absolute Gasteiger partial charge is 0.305 e. The van der Waals surface area contributed by atoms with Gasteiger partial charge in [0.05, 0.1) is 112 Å². The predicted octanol–water partition coefficient (Wildman–Crippen LogP) is 8.42. The van der Waals surface area contributed by atoms with Crippen molar-refractivity contribution in [2.75, 3.05) is 97.8 Å². The molecule has 0 saturated carbocycles. The largest absolute Gasteiger partial charge is 0.491 e. The van der Waals surface area contributed by atoms with Crippen molar-refractivity contribution in [1.82, 2.24) is 25.1 Å². The zero-order valence-electron chi connectivity index (χ0n) is 54.5. The number of nitrogens with one attached hydrogen (secondary N) is 3. The lowest BCUT2D eigenvalue weighted by molar-refractivity contribution is -0.144. The molecule has 1 aliphatic rings. The lowest BCUT2D eigenvalue weighted by Gasteiger charge is -2.35. The maximum atomic E-state index is 14.6. The molecule has 1 saturated heterocycles. The monoisotopic (exact) mass is 1320 g/mol. The molecule has 7 N–H and O–H groups in total. The number of β-amino-alcohol motifs (C(OH)–C–C–N with tert-alkyl or cyclic N) is 1. The van der Waals surface area contributed by atoms with E-state index in [0.29, 0.717) is 112 Å². The van der Waals surface area contributed by atoms with Gasteiger partial charge in [-0.05, 0) is 108 Å². The number of thiazole rings is 1. The number of ether oxygens (including phenoxy) is 7. The minimum Gasteiger partial charge on any atom is -0.491 e. The summed E-state index contributed by atoms with van der Waals surface area (Å²) in [6, 6.07) is 28.4. The Morgan fingerprint density at radius 2 is 1.33 bits per heavy atom. The summed E-state index contributed by atoms with van der Waals surface area (Å²) in [5.41, 5.74) is 8.25. The number of carbonyl (C=O) groups is 5. The molecule has 0 bridgehead atoms. The molecule has 6 aromatic rings. The van der Waals surface area contributed by atoms with Gasteiger partial charge in [0.2, 0.25) is 17.7 Å². The van der Waals surface area contributed by atoms with E-state index in [4.69, 9.17) is 38.3 Å². The molecule has 510 valence electrons. The standard InChI is InChI=1S/C70H91FN6O16S/c1-46(2)63-62(61(49-11-8-7-9-12-49)64(50-17-19-52(71)20-18-50)76(63)26-25-54(78)39-55(79)41-60(82)83)68(85)74-53-21-23-57(24-22-53)93-38-37-91-36-35-90-34-33-89-32-31-88-30-29-87-27-10-28-92-44-59(81)75-66(70(4,5)6)69(86)77-43-56(80)40-58(77)67(84)72-42-48-13-15-51(16-14-48)65-47(3)73-45-94-65/h7-9,11-24,45-46,54-56,58,66,78-80H,10,25-44H2,1-6H3,(H,72,84)(H,74,85)(H,75,81)(H,82,83)/t54-,55-,56-,58+,66-/m1/s1. The van der Waals surface area contributed by atoms with E-state index in [2.05, 4.69) is 20.9 Å². The number of rotatable bonds is 40. The number of aromatic nitrogens is 2. The van der Waals surface area contributed by atoms with Crippen LogP contribution >= 0.6 is 11.3 Å². The SMILES string of the molecule is Cc1ncsc1-c1ccc(CNC(=O)[C@@H]2C[C@@H](O)CN2C(=O)[C@@H](NC(=O)COCCCOCCOCCOCCOCCOCCOc2ccc(NC(=O)c3c(-c4ccccc4)c(-c4ccc(F)cc4)n(CC[C@@H](O)C[C@@H](O)CC(=O)O)c3C(C)C)cc2)C(C)(C)C)cc1. The van der Waals surface area contributed by atoms with Crippen LogP contribution in [0.25, 0.3) is 32.8 Å². The summed E-state index contributed by atoms with van der Waals surface area (Å²) in [6.45, 7) is 15.7. The molecule has 7 rings (SSSR count). The second-order valence-electron chi connectivity index (χ2n) is 24.3. The second-order valence-corrected chi connectivity index (χ2v) is 25.2. The van der Waals surface area contributed by atoms with Crippen LogP contribution in [0.3, 0.4) is 0 Å². The molecule has 24 heteroatoms. The maximum Gasteiger partial charge on any atom is 0.305 e. The highest BCUT2D eigenvalue weighted by atomic mass is 32.1. The Morgan fingerprint density at radius 1 is 0.734 bits per heavy atom. The molecule has 5 atom stereocenters. The van der Waals surface area contributed by atoms with Gasteiger partial charge in [0.1, 0.15) is 36.9 Å². The van der Waals surface area contributed by atoms with E-state index in [0.717, 1.165) is 27.3 Å². The number of amides is 4. The lowest BCUT2D eigenvalue weighted by Crippen LogP contribution is -2.58. The number of carbonyl (C=O) groups excluding carboxylic acids is 4. The van der Waals surface area contributed by atoms with Gasteiger partial charge in [-0.15, -0.1) is 11.3 Å². The average molecular weight is 1320 g/mol. The van der Waals surface area contributed by atoms with E-state index < -0.39 is 65.8 Å². The molecular weight excluding hydrogens is 1230 g/mol. The fourth-order valence-corrected chi connectivity index (χ4v) is 11.7. The first-order valence-corrected chi connectivity index (χ1v) is 32.8. The second kappa shape index (κ2) is 37.6. The third-order valence-electron chi connectivity index (χ3n) is 15.5. The molecular formula is C70H91FN6O16S. The summed E-state index contributed by atoms with van der Waals surface area (Å²) in [4.78, 5) is 73.0. The number of aliphatic carboxylic acids is 1. The zero-order valence-corrected chi connectivity index (χ0v) is 55.3. The Balaban J connectivity index is 0.717. The Morgan fingerprint density at radius 3 is 1.91 bits per heavy atom. The van der Waals surface area contributed by atoms with E-state index in [1.807, 2.05) is 101 Å². The molecule has 4 aromatic carbocycles. The highest BCUT2D eigenvalue weighted by Gasteiger charge is 2.44. The van der Waals surface area contributed by atoms with Gasteiger partial charge in [-0.25, -0.2) is 9.37 Å². The molecule has 1 aliphatic heterocycles. The minimum absolute atomic E-state index is 0.0271. The summed E-state index contributed by atoms with van der Waals surface area (Å²) in [6.07, 6.45) is -3.05. The summed E-state index contributed by atoms with van der Waals surface area (Å²) >= 11 is 1.56. The van der Waals surface area contributed by atoms with E-state index >= 15 is 0 Å². The Kier molecular flexibility index (Phi) is 29.5. The van der Waals surface area contributed by atoms with Gasteiger partial charge in [-0.1, -0.05) is 89.2 Å². The molecule has 0 radical (unpaired) electrons. The van der Waals surface area contributed by atoms with Crippen molar-refractivity contribution in [3.8, 4) is 38.6 Å². The minimum atomic E-state index is -1.24. The van der Waals surface area contributed by atoms with Gasteiger partial charge in [0, 0.05) is 56.2 Å². The van der Waals surface area contributed by atoms with Crippen LogP contribution < -0.4 is 20.7 Å². The van der Waals surface area contributed by atoms with Crippen molar-refractivity contribution in [2.24, 2.45) is 5.41 Å². The highest BCUT2D eigenvalue weighted by molar-refractivity contribution is 7.13. The number of aryl methyl sites for hydroxylation is 1. The first-order valence-electron chi connectivity index (χ1n) is 31.9. The van der Waals surface area contributed by atoms with E-state index in [9.17, 15) is 43.7 Å². The number of nitrogens with zero attached hydrogens (tertiary/aromatic N) is 3. The maximum absolute atomic E-state index is 14.6. The number of carboxylic acids is 1. The zero-order chi connectivity index (χ0) is 67.6. The van der Waals surface area contributed by atoms with Crippen LogP contribution in [0, 0.1) is 18.2 Å². The van der Waals surface area contributed by atoms with E-state index in [1.165, 1.54) is 17.0 Å². The molecule has 0 spiro atoms. The molecule has 1 fully saturated rings. The third kappa shape index (κ3) is 22.9.